The van der Waals surface area contributed by atoms with E-state index in [4.69, 9.17) is 18.6 Å². The summed E-state index contributed by atoms with van der Waals surface area (Å²) in [6.07, 6.45) is 31.8. The van der Waals surface area contributed by atoms with E-state index < -0.39 is 17.0 Å². The molecule has 0 saturated heterocycles. The Morgan fingerprint density at radius 1 is 0.422 bits per heavy atom. The fraction of sp³-hybridized carbons (Fsp3) is 0.762. The van der Waals surface area contributed by atoms with Crippen molar-refractivity contribution in [2.75, 3.05) is 0 Å². The number of hydrogen-bond donors (Lipinski definition) is 0. The van der Waals surface area contributed by atoms with Crippen molar-refractivity contribution in [3.8, 4) is 0 Å². The number of unbranched alkanes of at least 4 members (excludes halogenated alkanes) is 8. The predicted molar refractivity (Wildman–Crippen MR) is 205 cm³/mol. The van der Waals surface area contributed by atoms with Gasteiger partial charge < -0.3 is 0 Å². The van der Waals surface area contributed by atoms with Crippen molar-refractivity contribution in [3.63, 3.8) is 0 Å². The summed E-state index contributed by atoms with van der Waals surface area (Å²) in [4.78, 5) is 0. The van der Waals surface area contributed by atoms with E-state index in [0.717, 1.165) is 0 Å². The second kappa shape index (κ2) is 31.3. The topological polar surface area (TPSA) is 0 Å². The molecule has 0 amide bonds. The Morgan fingerprint density at radius 2 is 0.689 bits per heavy atom. The Morgan fingerprint density at radius 3 is 0.978 bits per heavy atom. The molecule has 3 heteroatoms. The van der Waals surface area contributed by atoms with Crippen LogP contribution < -0.4 is 0 Å². The number of rotatable bonds is 24. The third-order valence-electron chi connectivity index (χ3n) is 9.30. The van der Waals surface area contributed by atoms with Crippen LogP contribution in [0.3, 0.4) is 0 Å². The number of hydrogen-bond acceptors (Lipinski definition) is 0. The van der Waals surface area contributed by atoms with Gasteiger partial charge in [0.1, 0.15) is 0 Å². The monoisotopic (exact) mass is 696 g/mol. The summed E-state index contributed by atoms with van der Waals surface area (Å²) in [5, 5.41) is 0. The van der Waals surface area contributed by atoms with E-state index in [1.54, 1.807) is 44.5 Å². The van der Waals surface area contributed by atoms with Crippen LogP contribution >= 0.6 is 18.6 Å². The van der Waals surface area contributed by atoms with Gasteiger partial charge in [-0.3, -0.25) is 0 Å². The maximum absolute atomic E-state index is 4.89. The van der Waals surface area contributed by atoms with Gasteiger partial charge in [0.15, 0.2) is 0 Å². The molecule has 0 atom stereocenters. The molecule has 0 aliphatic rings. The van der Waals surface area contributed by atoms with Gasteiger partial charge >= 0.3 is 35.6 Å². The molecule has 0 unspecified atom stereocenters. The SMILES string of the molecule is CCCCc1c[c-](CCCC)c(CCCC)c1CCCC.CCCCc1c[c-](CCCC)c(CCCC)c1CCCC.[Cl][Ti][Cl]. The van der Waals surface area contributed by atoms with Crippen LogP contribution in [-0.2, 0) is 68.4 Å². The fourth-order valence-corrected chi connectivity index (χ4v) is 6.57. The molecule has 262 valence electrons. The first kappa shape index (κ1) is 45.0. The summed E-state index contributed by atoms with van der Waals surface area (Å²) in [7, 11) is 9.78. The summed E-state index contributed by atoms with van der Waals surface area (Å²) in [5.74, 6) is 0. The van der Waals surface area contributed by atoms with Crippen molar-refractivity contribution >= 4 is 18.6 Å². The van der Waals surface area contributed by atoms with Crippen molar-refractivity contribution < 1.29 is 17.0 Å². The number of aryl methyl sites for hydroxylation is 4. The zero-order valence-electron chi connectivity index (χ0n) is 31.4. The van der Waals surface area contributed by atoms with E-state index >= 15 is 0 Å². The fourth-order valence-electron chi connectivity index (χ4n) is 6.57. The van der Waals surface area contributed by atoms with Crippen molar-refractivity contribution in [1.82, 2.24) is 0 Å². The van der Waals surface area contributed by atoms with Crippen LogP contribution in [0.15, 0.2) is 12.1 Å². The Labute approximate surface area is 300 Å². The first-order valence-electron chi connectivity index (χ1n) is 19.5. The molecule has 2 aromatic carbocycles. The second-order valence-electron chi connectivity index (χ2n) is 13.2. The van der Waals surface area contributed by atoms with Gasteiger partial charge in [-0.2, -0.15) is 56.6 Å². The number of halogens is 2. The van der Waals surface area contributed by atoms with Crippen LogP contribution in [-0.4, -0.2) is 0 Å². The molecule has 0 saturated carbocycles. The molecular weight excluding hydrogens is 623 g/mol. The summed E-state index contributed by atoms with van der Waals surface area (Å²) in [6, 6.07) is 5.17. The summed E-state index contributed by atoms with van der Waals surface area (Å²) in [5.41, 5.74) is 13.8. The quantitative estimate of drug-likeness (QED) is 0.0757. The normalized spacial score (nSPS) is 10.8. The van der Waals surface area contributed by atoms with E-state index in [1.807, 2.05) is 0 Å². The third kappa shape index (κ3) is 18.9. The zero-order chi connectivity index (χ0) is 33.7. The van der Waals surface area contributed by atoms with Gasteiger partial charge in [-0.25, -0.2) is 0 Å². The maximum atomic E-state index is 4.89. The molecular formula is C42H74Cl2Ti-2. The minimum atomic E-state index is -0.556. The first-order chi connectivity index (χ1) is 22.0. The Balaban J connectivity index is 0.000000791. The molecule has 0 fully saturated rings. The van der Waals surface area contributed by atoms with Crippen molar-refractivity contribution in [3.05, 3.63) is 56.6 Å². The third-order valence-corrected chi connectivity index (χ3v) is 9.30. The molecule has 2 rings (SSSR count). The van der Waals surface area contributed by atoms with Gasteiger partial charge in [-0.1, -0.05) is 209 Å². The molecule has 0 aliphatic heterocycles. The molecule has 0 heterocycles. The second-order valence-corrected chi connectivity index (χ2v) is 15.8. The summed E-state index contributed by atoms with van der Waals surface area (Å²) >= 11 is -0.556. The molecule has 0 radical (unpaired) electrons. The van der Waals surface area contributed by atoms with Gasteiger partial charge in [0, 0.05) is 0 Å². The Kier molecular flexibility index (Phi) is 31.3. The van der Waals surface area contributed by atoms with Gasteiger partial charge in [-0.15, -0.1) is 0 Å². The van der Waals surface area contributed by atoms with Gasteiger partial charge in [0.2, 0.25) is 0 Å². The molecule has 0 nitrogen and oxygen atoms in total. The van der Waals surface area contributed by atoms with Gasteiger partial charge in [0.05, 0.1) is 0 Å². The van der Waals surface area contributed by atoms with E-state index in [1.165, 1.54) is 154 Å². The van der Waals surface area contributed by atoms with Gasteiger partial charge in [0.25, 0.3) is 0 Å². The van der Waals surface area contributed by atoms with Crippen LogP contribution in [0.2, 0.25) is 0 Å². The van der Waals surface area contributed by atoms with E-state index in [-0.39, 0.29) is 0 Å². The van der Waals surface area contributed by atoms with Crippen molar-refractivity contribution in [2.24, 2.45) is 0 Å². The van der Waals surface area contributed by atoms with Crippen LogP contribution in [0.5, 0.6) is 0 Å². The minimum absolute atomic E-state index is 0.556. The molecule has 2 aromatic rings. The molecule has 45 heavy (non-hydrogen) atoms. The van der Waals surface area contributed by atoms with E-state index in [9.17, 15) is 0 Å². The summed E-state index contributed by atoms with van der Waals surface area (Å²) < 4.78 is 0. The van der Waals surface area contributed by atoms with E-state index in [2.05, 4.69) is 67.5 Å². The molecule has 0 bridgehead atoms. The molecule has 0 spiro atoms. The predicted octanol–water partition coefficient (Wildman–Crippen LogP) is 14.9. The van der Waals surface area contributed by atoms with E-state index in [0.29, 0.717) is 0 Å². The standard InChI is InChI=1S/2C21H37.2ClH.Ti/c2*1-5-9-13-18-17-19(14-10-6-2)21(16-12-8-4)20(18)15-11-7-3;;;/h2*17H,5-16H2,1-4H3;2*1H;/q2*-1;;;+2/p-2. The van der Waals surface area contributed by atoms with Crippen LogP contribution in [0.1, 0.15) is 203 Å². The van der Waals surface area contributed by atoms with Crippen molar-refractivity contribution in [1.29, 1.82) is 0 Å². The van der Waals surface area contributed by atoms with Crippen LogP contribution in [0.4, 0.5) is 0 Å². The average molecular weight is 698 g/mol. The average Bonchev–Trinajstić information content (AvgIpc) is 3.56. The Bertz CT molecular complexity index is 779. The zero-order valence-corrected chi connectivity index (χ0v) is 34.5. The summed E-state index contributed by atoms with van der Waals surface area (Å²) in [6.45, 7) is 18.5. The van der Waals surface area contributed by atoms with Gasteiger partial charge in [-0.05, 0) is 0 Å². The molecule has 0 N–H and O–H groups in total. The van der Waals surface area contributed by atoms with Crippen LogP contribution in [0, 0.1) is 0 Å². The van der Waals surface area contributed by atoms with Crippen molar-refractivity contribution in [2.45, 2.75) is 209 Å². The first-order valence-corrected chi connectivity index (χ1v) is 23.8. The molecule has 0 aromatic heterocycles. The van der Waals surface area contributed by atoms with Crippen LogP contribution in [0.25, 0.3) is 0 Å². The molecule has 0 aliphatic carbocycles. The Hall–Kier alpha value is -0.00571.